The van der Waals surface area contributed by atoms with E-state index in [1.807, 2.05) is 6.07 Å². The molecule has 1 saturated heterocycles. The number of hydrogen-bond donors (Lipinski definition) is 1. The molecule has 1 aromatic heterocycles. The summed E-state index contributed by atoms with van der Waals surface area (Å²) in [5.74, 6) is 0.703. The Morgan fingerprint density at radius 3 is 2.44 bits per heavy atom. The smallest absolute Gasteiger partial charge is 0.271 e. The summed E-state index contributed by atoms with van der Waals surface area (Å²) in [6, 6.07) is 14.2. The number of aromatic nitrogens is 2. The van der Waals surface area contributed by atoms with Crippen LogP contribution in [-0.4, -0.2) is 53.7 Å². The first-order chi connectivity index (χ1) is 13.3. The van der Waals surface area contributed by atoms with Crippen LogP contribution in [0.15, 0.2) is 42.5 Å². The third-order valence-electron chi connectivity index (χ3n) is 4.89. The molecule has 0 aliphatic carbocycles. The van der Waals surface area contributed by atoms with Crippen molar-refractivity contribution in [1.82, 2.24) is 20.4 Å². The molecule has 1 N–H and O–H groups in total. The zero-order valence-electron chi connectivity index (χ0n) is 16.1. The standard InChI is InChI=1S/C21H29N5O/c1-2-3-7-12-22-21(27)19-10-11-20(24-23-19)26-15-13-25(14-16-26)17-18-8-5-4-6-9-18/h4-6,8-11H,2-3,7,12-17H2,1H3,(H,22,27). The molecule has 2 aromatic rings. The van der Waals surface area contributed by atoms with E-state index >= 15 is 0 Å². The van der Waals surface area contributed by atoms with Crippen LogP contribution in [0.1, 0.15) is 42.2 Å². The van der Waals surface area contributed by atoms with E-state index in [4.69, 9.17) is 0 Å². The zero-order valence-corrected chi connectivity index (χ0v) is 16.1. The summed E-state index contributed by atoms with van der Waals surface area (Å²) in [5.41, 5.74) is 1.73. The maximum Gasteiger partial charge on any atom is 0.271 e. The van der Waals surface area contributed by atoms with Crippen LogP contribution in [-0.2, 0) is 6.54 Å². The molecule has 0 radical (unpaired) electrons. The number of nitrogens with zero attached hydrogens (tertiary/aromatic N) is 4. The minimum atomic E-state index is -0.141. The Balaban J connectivity index is 1.46. The van der Waals surface area contributed by atoms with Gasteiger partial charge in [-0.25, -0.2) is 0 Å². The van der Waals surface area contributed by atoms with Gasteiger partial charge in [0.1, 0.15) is 0 Å². The van der Waals surface area contributed by atoms with Crippen LogP contribution in [0.4, 0.5) is 5.82 Å². The van der Waals surface area contributed by atoms with E-state index < -0.39 is 0 Å². The minimum Gasteiger partial charge on any atom is -0.353 e. The molecule has 0 spiro atoms. The molecule has 6 heteroatoms. The molecule has 27 heavy (non-hydrogen) atoms. The topological polar surface area (TPSA) is 61.4 Å². The number of anilines is 1. The van der Waals surface area contributed by atoms with Gasteiger partial charge in [-0.1, -0.05) is 50.1 Å². The molecular formula is C21H29N5O. The van der Waals surface area contributed by atoms with Crippen LogP contribution >= 0.6 is 0 Å². The molecule has 1 aliphatic rings. The second-order valence-corrected chi connectivity index (χ2v) is 6.99. The van der Waals surface area contributed by atoms with Crippen LogP contribution < -0.4 is 10.2 Å². The van der Waals surface area contributed by atoms with Crippen LogP contribution in [0, 0.1) is 0 Å². The van der Waals surface area contributed by atoms with Gasteiger partial charge in [-0.15, -0.1) is 10.2 Å². The monoisotopic (exact) mass is 367 g/mol. The van der Waals surface area contributed by atoms with Gasteiger partial charge in [0.15, 0.2) is 11.5 Å². The van der Waals surface area contributed by atoms with Crippen molar-refractivity contribution in [2.75, 3.05) is 37.6 Å². The van der Waals surface area contributed by atoms with Crippen molar-refractivity contribution in [1.29, 1.82) is 0 Å². The van der Waals surface area contributed by atoms with Crippen molar-refractivity contribution in [2.45, 2.75) is 32.7 Å². The van der Waals surface area contributed by atoms with Gasteiger partial charge in [-0.05, 0) is 24.1 Å². The van der Waals surface area contributed by atoms with E-state index in [-0.39, 0.29) is 5.91 Å². The van der Waals surface area contributed by atoms with Crippen LogP contribution in [0.2, 0.25) is 0 Å². The predicted octanol–water partition coefficient (Wildman–Crippen LogP) is 2.72. The third kappa shape index (κ3) is 5.76. The number of carbonyl (C=O) groups is 1. The molecule has 2 heterocycles. The SMILES string of the molecule is CCCCCNC(=O)c1ccc(N2CCN(Cc3ccccc3)CC2)nn1. The maximum atomic E-state index is 12.1. The lowest BCUT2D eigenvalue weighted by Crippen LogP contribution is -2.46. The van der Waals surface area contributed by atoms with Gasteiger partial charge in [-0.2, -0.15) is 0 Å². The lowest BCUT2D eigenvalue weighted by atomic mass is 10.2. The number of benzene rings is 1. The molecule has 1 amide bonds. The van der Waals surface area contributed by atoms with Crippen molar-refractivity contribution in [3.05, 3.63) is 53.7 Å². The van der Waals surface area contributed by atoms with E-state index in [0.29, 0.717) is 12.2 Å². The second kappa shape index (κ2) is 10.0. The highest BCUT2D eigenvalue weighted by Crippen LogP contribution is 2.14. The van der Waals surface area contributed by atoms with Gasteiger partial charge in [-0.3, -0.25) is 9.69 Å². The third-order valence-corrected chi connectivity index (χ3v) is 4.89. The van der Waals surface area contributed by atoms with Crippen molar-refractivity contribution in [2.24, 2.45) is 0 Å². The molecule has 0 saturated carbocycles. The Hall–Kier alpha value is -2.47. The Bertz CT molecular complexity index is 696. The number of unbranched alkanes of at least 4 members (excludes halogenated alkanes) is 2. The summed E-state index contributed by atoms with van der Waals surface area (Å²) in [7, 11) is 0. The van der Waals surface area contributed by atoms with Crippen LogP contribution in [0.5, 0.6) is 0 Å². The minimum absolute atomic E-state index is 0.141. The van der Waals surface area contributed by atoms with Gasteiger partial charge in [0, 0.05) is 39.3 Å². The fourth-order valence-electron chi connectivity index (χ4n) is 3.26. The van der Waals surface area contributed by atoms with E-state index in [0.717, 1.165) is 57.8 Å². The van der Waals surface area contributed by atoms with E-state index in [9.17, 15) is 4.79 Å². The molecule has 0 bridgehead atoms. The van der Waals surface area contributed by atoms with Gasteiger partial charge < -0.3 is 10.2 Å². The summed E-state index contributed by atoms with van der Waals surface area (Å²) < 4.78 is 0. The number of amides is 1. The molecular weight excluding hydrogens is 338 g/mol. The molecule has 6 nitrogen and oxygen atoms in total. The molecule has 0 atom stereocenters. The largest absolute Gasteiger partial charge is 0.353 e. The lowest BCUT2D eigenvalue weighted by Gasteiger charge is -2.35. The summed E-state index contributed by atoms with van der Waals surface area (Å²) in [5, 5.41) is 11.3. The summed E-state index contributed by atoms with van der Waals surface area (Å²) >= 11 is 0. The Labute approximate surface area is 161 Å². The Morgan fingerprint density at radius 2 is 1.78 bits per heavy atom. The van der Waals surface area contributed by atoms with E-state index in [2.05, 4.69) is 62.6 Å². The molecule has 0 unspecified atom stereocenters. The molecule has 1 aromatic carbocycles. The number of hydrogen-bond acceptors (Lipinski definition) is 5. The van der Waals surface area contributed by atoms with Crippen molar-refractivity contribution in [3.8, 4) is 0 Å². The number of carbonyl (C=O) groups excluding carboxylic acids is 1. The van der Waals surface area contributed by atoms with Crippen LogP contribution in [0.3, 0.4) is 0 Å². The highest BCUT2D eigenvalue weighted by Gasteiger charge is 2.19. The van der Waals surface area contributed by atoms with Crippen molar-refractivity contribution < 1.29 is 4.79 Å². The van der Waals surface area contributed by atoms with Gasteiger partial charge in [0.25, 0.3) is 5.91 Å². The first kappa shape index (κ1) is 19.3. The number of rotatable bonds is 8. The molecule has 1 fully saturated rings. The Morgan fingerprint density at radius 1 is 1.00 bits per heavy atom. The lowest BCUT2D eigenvalue weighted by molar-refractivity contribution is 0.0947. The number of piperazine rings is 1. The highest BCUT2D eigenvalue weighted by atomic mass is 16.1. The maximum absolute atomic E-state index is 12.1. The summed E-state index contributed by atoms with van der Waals surface area (Å²) in [6.45, 7) is 7.66. The molecule has 1 aliphatic heterocycles. The van der Waals surface area contributed by atoms with Crippen LogP contribution in [0.25, 0.3) is 0 Å². The summed E-state index contributed by atoms with van der Waals surface area (Å²) in [6.07, 6.45) is 3.27. The normalized spacial score (nSPS) is 14.9. The average molecular weight is 367 g/mol. The van der Waals surface area contributed by atoms with Gasteiger partial charge in [0.05, 0.1) is 0 Å². The quantitative estimate of drug-likeness (QED) is 0.727. The van der Waals surface area contributed by atoms with Crippen molar-refractivity contribution >= 4 is 11.7 Å². The first-order valence-corrected chi connectivity index (χ1v) is 9.89. The first-order valence-electron chi connectivity index (χ1n) is 9.89. The van der Waals surface area contributed by atoms with Gasteiger partial charge in [0.2, 0.25) is 0 Å². The summed E-state index contributed by atoms with van der Waals surface area (Å²) in [4.78, 5) is 16.8. The average Bonchev–Trinajstić information content (AvgIpc) is 2.72. The van der Waals surface area contributed by atoms with E-state index in [1.54, 1.807) is 6.07 Å². The zero-order chi connectivity index (χ0) is 18.9. The molecule has 3 rings (SSSR count). The highest BCUT2D eigenvalue weighted by molar-refractivity contribution is 5.92. The fraction of sp³-hybridized carbons (Fsp3) is 0.476. The fourth-order valence-corrected chi connectivity index (χ4v) is 3.26. The number of nitrogens with one attached hydrogen (secondary N) is 1. The second-order valence-electron chi connectivity index (χ2n) is 6.99. The van der Waals surface area contributed by atoms with E-state index in [1.165, 1.54) is 5.56 Å². The molecule has 144 valence electrons. The predicted molar refractivity (Wildman–Crippen MR) is 108 cm³/mol. The van der Waals surface area contributed by atoms with Crippen molar-refractivity contribution in [3.63, 3.8) is 0 Å². The Kier molecular flexibility index (Phi) is 7.16. The van der Waals surface area contributed by atoms with Gasteiger partial charge >= 0.3 is 0 Å².